The van der Waals surface area contributed by atoms with E-state index in [4.69, 9.17) is 12.2 Å². The zero-order chi connectivity index (χ0) is 11.9. The first-order valence-corrected chi connectivity index (χ1v) is 5.01. The predicted octanol–water partition coefficient (Wildman–Crippen LogP) is 2.97. The van der Waals surface area contributed by atoms with Gasteiger partial charge in [0.05, 0.1) is 0 Å². The summed E-state index contributed by atoms with van der Waals surface area (Å²) >= 11 is 4.86. The number of H-pyrrole nitrogens is 1. The molecule has 2 aromatic rings. The second-order valence-corrected chi connectivity index (χ2v) is 3.72. The van der Waals surface area contributed by atoms with E-state index in [2.05, 4.69) is 10.1 Å². The van der Waals surface area contributed by atoms with Crippen LogP contribution in [0.1, 0.15) is 18.3 Å². The van der Waals surface area contributed by atoms with Gasteiger partial charge in [-0.2, -0.15) is 13.2 Å². The van der Waals surface area contributed by atoms with Gasteiger partial charge in [-0.25, -0.2) is 9.50 Å². The van der Waals surface area contributed by atoms with E-state index < -0.39 is 11.9 Å². The highest BCUT2D eigenvalue weighted by molar-refractivity contribution is 7.71. The summed E-state index contributed by atoms with van der Waals surface area (Å²) in [6.07, 6.45) is -3.79. The Kier molecular flexibility index (Phi) is 2.49. The van der Waals surface area contributed by atoms with Crippen molar-refractivity contribution in [3.8, 4) is 0 Å². The average molecular weight is 247 g/mol. The molecule has 0 saturated carbocycles. The molecule has 0 atom stereocenters. The maximum absolute atomic E-state index is 12.5. The largest absolute Gasteiger partial charge is 0.433 e. The van der Waals surface area contributed by atoms with Crippen molar-refractivity contribution in [3.63, 3.8) is 0 Å². The summed E-state index contributed by atoms with van der Waals surface area (Å²) in [5, 5.41) is 2.87. The van der Waals surface area contributed by atoms with Crippen LogP contribution in [0.25, 0.3) is 5.65 Å². The summed E-state index contributed by atoms with van der Waals surface area (Å²) in [6, 6.07) is 2.41. The number of alkyl halides is 3. The van der Waals surface area contributed by atoms with Crippen molar-refractivity contribution in [2.75, 3.05) is 0 Å². The number of hydrogen-bond donors (Lipinski definition) is 1. The summed E-state index contributed by atoms with van der Waals surface area (Å²) < 4.78 is 38.8. The van der Waals surface area contributed by atoms with Gasteiger partial charge in [0.15, 0.2) is 5.65 Å². The average Bonchev–Trinajstić information content (AvgIpc) is 2.59. The molecule has 0 bridgehead atoms. The zero-order valence-electron chi connectivity index (χ0n) is 8.30. The van der Waals surface area contributed by atoms with Gasteiger partial charge < -0.3 is 0 Å². The second kappa shape index (κ2) is 3.58. The van der Waals surface area contributed by atoms with E-state index in [1.807, 2.05) is 6.92 Å². The molecule has 2 aromatic heterocycles. The quantitative estimate of drug-likeness (QED) is 0.786. The van der Waals surface area contributed by atoms with Gasteiger partial charge in [-0.15, -0.1) is 0 Å². The van der Waals surface area contributed by atoms with Crippen molar-refractivity contribution in [1.82, 2.24) is 14.6 Å². The molecule has 0 amide bonds. The summed E-state index contributed by atoms with van der Waals surface area (Å²) in [7, 11) is 0. The molecule has 0 radical (unpaired) electrons. The Morgan fingerprint density at radius 1 is 1.44 bits per heavy atom. The first-order valence-electron chi connectivity index (χ1n) is 4.60. The smallest absolute Gasteiger partial charge is 0.296 e. The molecule has 86 valence electrons. The molecule has 0 saturated heterocycles. The lowest BCUT2D eigenvalue weighted by Gasteiger charge is -2.05. The molecule has 0 spiro atoms. The van der Waals surface area contributed by atoms with Crippen molar-refractivity contribution in [3.05, 3.63) is 28.2 Å². The number of aryl methyl sites for hydroxylation is 1. The minimum absolute atomic E-state index is 0.0667. The maximum Gasteiger partial charge on any atom is 0.433 e. The van der Waals surface area contributed by atoms with Gasteiger partial charge >= 0.3 is 6.18 Å². The fourth-order valence-electron chi connectivity index (χ4n) is 1.37. The van der Waals surface area contributed by atoms with Crippen molar-refractivity contribution in [2.45, 2.75) is 19.5 Å². The SMILES string of the molecule is CCc1cc2nc(C(F)(F)F)cc(=S)n2[nH]1. The van der Waals surface area contributed by atoms with E-state index >= 15 is 0 Å². The molecule has 7 heteroatoms. The van der Waals surface area contributed by atoms with Crippen molar-refractivity contribution in [2.24, 2.45) is 0 Å². The van der Waals surface area contributed by atoms with E-state index in [1.54, 1.807) is 6.07 Å². The van der Waals surface area contributed by atoms with Crippen molar-refractivity contribution in [1.29, 1.82) is 0 Å². The zero-order valence-corrected chi connectivity index (χ0v) is 9.11. The number of rotatable bonds is 1. The first-order chi connectivity index (χ1) is 7.41. The molecule has 0 fully saturated rings. The topological polar surface area (TPSA) is 33.1 Å². The minimum Gasteiger partial charge on any atom is -0.296 e. The fourth-order valence-corrected chi connectivity index (χ4v) is 1.62. The number of fused-ring (bicyclic) bond motifs is 1. The Morgan fingerprint density at radius 3 is 2.69 bits per heavy atom. The van der Waals surface area contributed by atoms with Crippen LogP contribution in [0.2, 0.25) is 0 Å². The van der Waals surface area contributed by atoms with Gasteiger partial charge in [0, 0.05) is 17.8 Å². The van der Waals surface area contributed by atoms with Crippen LogP contribution in [0.5, 0.6) is 0 Å². The monoisotopic (exact) mass is 247 g/mol. The summed E-state index contributed by atoms with van der Waals surface area (Å²) in [5.74, 6) is 0. The van der Waals surface area contributed by atoms with Crippen LogP contribution in [-0.2, 0) is 12.6 Å². The van der Waals surface area contributed by atoms with Gasteiger partial charge in [0.1, 0.15) is 10.3 Å². The van der Waals surface area contributed by atoms with Gasteiger partial charge in [-0.3, -0.25) is 5.10 Å². The van der Waals surface area contributed by atoms with E-state index in [9.17, 15) is 13.2 Å². The van der Waals surface area contributed by atoms with Crippen molar-refractivity contribution >= 4 is 17.9 Å². The lowest BCUT2D eigenvalue weighted by Crippen LogP contribution is -2.09. The highest BCUT2D eigenvalue weighted by Crippen LogP contribution is 2.28. The van der Waals surface area contributed by atoms with Crippen LogP contribution >= 0.6 is 12.2 Å². The van der Waals surface area contributed by atoms with Crippen molar-refractivity contribution < 1.29 is 13.2 Å². The number of hydrogen-bond acceptors (Lipinski definition) is 2. The molecular formula is C9H8F3N3S. The maximum atomic E-state index is 12.5. The highest BCUT2D eigenvalue weighted by atomic mass is 32.1. The molecule has 2 rings (SSSR count). The Bertz CT molecular complexity index is 582. The second-order valence-electron chi connectivity index (χ2n) is 3.31. The Balaban J connectivity index is 2.72. The van der Waals surface area contributed by atoms with Crippen LogP contribution in [0.4, 0.5) is 13.2 Å². The molecule has 0 aliphatic carbocycles. The van der Waals surface area contributed by atoms with Crippen LogP contribution in [0, 0.1) is 4.64 Å². The van der Waals surface area contributed by atoms with Crippen LogP contribution in [0.15, 0.2) is 12.1 Å². The van der Waals surface area contributed by atoms with E-state index in [1.165, 1.54) is 4.52 Å². The summed E-state index contributed by atoms with van der Waals surface area (Å²) in [5.41, 5.74) is 0.0220. The molecule has 0 unspecified atom stereocenters. The number of nitrogens with zero attached hydrogens (tertiary/aromatic N) is 2. The van der Waals surface area contributed by atoms with Crippen LogP contribution in [0.3, 0.4) is 0 Å². The normalized spacial score (nSPS) is 12.2. The van der Waals surface area contributed by atoms with Gasteiger partial charge in [-0.1, -0.05) is 19.1 Å². The lowest BCUT2D eigenvalue weighted by molar-refractivity contribution is -0.141. The molecule has 2 heterocycles. The van der Waals surface area contributed by atoms with Crippen LogP contribution < -0.4 is 0 Å². The van der Waals surface area contributed by atoms with E-state index in [0.717, 1.165) is 11.8 Å². The van der Waals surface area contributed by atoms with Gasteiger partial charge in [0.2, 0.25) is 0 Å². The number of nitrogens with one attached hydrogen (secondary N) is 1. The third kappa shape index (κ3) is 1.82. The van der Waals surface area contributed by atoms with Crippen LogP contribution in [-0.4, -0.2) is 14.6 Å². The molecule has 16 heavy (non-hydrogen) atoms. The third-order valence-electron chi connectivity index (χ3n) is 2.17. The molecule has 0 aliphatic rings. The first kappa shape index (κ1) is 11.1. The highest BCUT2D eigenvalue weighted by Gasteiger charge is 2.33. The van der Waals surface area contributed by atoms with E-state index in [-0.39, 0.29) is 10.3 Å². The van der Waals surface area contributed by atoms with Gasteiger partial charge in [-0.05, 0) is 6.42 Å². The molecule has 0 aliphatic heterocycles. The number of aromatic nitrogens is 3. The molecule has 0 aromatic carbocycles. The Labute approximate surface area is 93.9 Å². The Hall–Kier alpha value is -1.37. The summed E-state index contributed by atoms with van der Waals surface area (Å²) in [6.45, 7) is 1.89. The molecule has 3 nitrogen and oxygen atoms in total. The standard InChI is InChI=1S/C9H8F3N3S/c1-2-5-3-7-13-6(9(10,11)12)4-8(16)15(7)14-5/h3-4,14H,2H2,1H3. The fraction of sp³-hybridized carbons (Fsp3) is 0.333. The number of aromatic amines is 1. The minimum atomic E-state index is -4.47. The molecule has 1 N–H and O–H groups in total. The molecular weight excluding hydrogens is 239 g/mol. The number of halogens is 3. The Morgan fingerprint density at radius 2 is 2.12 bits per heavy atom. The third-order valence-corrected chi connectivity index (χ3v) is 2.48. The van der Waals surface area contributed by atoms with E-state index in [0.29, 0.717) is 6.42 Å². The predicted molar refractivity (Wildman–Crippen MR) is 54.8 cm³/mol. The van der Waals surface area contributed by atoms with Gasteiger partial charge in [0.25, 0.3) is 0 Å². The summed E-state index contributed by atoms with van der Waals surface area (Å²) in [4.78, 5) is 3.52. The lowest BCUT2D eigenvalue weighted by atomic mass is 10.3.